The molecule has 1 aliphatic carbocycles. The second-order valence-corrected chi connectivity index (χ2v) is 7.33. The van der Waals surface area contributed by atoms with Crippen molar-refractivity contribution in [3.63, 3.8) is 0 Å². The molecule has 0 aromatic carbocycles. The van der Waals surface area contributed by atoms with Gasteiger partial charge in [0.05, 0.1) is 23.5 Å². The Bertz CT molecular complexity index is 950. The summed E-state index contributed by atoms with van der Waals surface area (Å²) < 4.78 is 8.27. The van der Waals surface area contributed by atoms with E-state index in [4.69, 9.17) is 16.6 Å². The fourth-order valence-corrected chi connectivity index (χ4v) is 3.61. The highest BCUT2D eigenvalue weighted by Crippen LogP contribution is 2.35. The van der Waals surface area contributed by atoms with Crippen LogP contribution in [0.25, 0.3) is 10.8 Å². The van der Waals surface area contributed by atoms with Crippen molar-refractivity contribution < 1.29 is 9.21 Å². The van der Waals surface area contributed by atoms with Crippen LogP contribution in [-0.4, -0.2) is 25.7 Å². The zero-order chi connectivity index (χ0) is 17.4. The lowest BCUT2D eigenvalue weighted by Crippen LogP contribution is -2.26. The summed E-state index contributed by atoms with van der Waals surface area (Å²) in [5, 5.41) is 11.9. The Hall–Kier alpha value is -2.26. The normalized spacial score (nSPS) is 14.0. The van der Waals surface area contributed by atoms with Crippen LogP contribution in [0.5, 0.6) is 0 Å². The van der Waals surface area contributed by atoms with Crippen molar-refractivity contribution in [3.05, 3.63) is 39.6 Å². The summed E-state index contributed by atoms with van der Waals surface area (Å²) in [5.41, 5.74) is 0.655. The molecule has 0 spiro atoms. The van der Waals surface area contributed by atoms with Gasteiger partial charge in [0.2, 0.25) is 11.8 Å². The van der Waals surface area contributed by atoms with Gasteiger partial charge in [0.1, 0.15) is 5.76 Å². The van der Waals surface area contributed by atoms with Crippen LogP contribution in [0.2, 0.25) is 0 Å². The minimum absolute atomic E-state index is 0.120. The average molecular weight is 375 g/mol. The quantitative estimate of drug-likeness (QED) is 0.646. The number of hydrogen-bond donors (Lipinski definition) is 2. The van der Waals surface area contributed by atoms with E-state index in [1.165, 1.54) is 0 Å². The number of thiophene rings is 1. The summed E-state index contributed by atoms with van der Waals surface area (Å²) in [6, 6.07) is 4.31. The van der Waals surface area contributed by atoms with Gasteiger partial charge in [0.25, 0.3) is 0 Å². The molecule has 1 saturated carbocycles. The van der Waals surface area contributed by atoms with Crippen LogP contribution < -0.4 is 5.32 Å². The van der Waals surface area contributed by atoms with Crippen molar-refractivity contribution in [2.45, 2.75) is 38.8 Å². The Morgan fingerprint density at radius 2 is 2.40 bits per heavy atom. The van der Waals surface area contributed by atoms with Gasteiger partial charge in [-0.15, -0.1) is 11.3 Å². The maximum absolute atomic E-state index is 12.3. The standard InChI is InChI=1S/C16H17N5O2S2/c1-9-11(18-15(23-9)12-3-2-6-25-12)7-14(22)17-8-13-19-20-16(24)21(13)10-4-5-10/h2-3,6,10H,4-5,7-8H2,1H3,(H,17,22)(H,20,24). The van der Waals surface area contributed by atoms with E-state index in [9.17, 15) is 4.79 Å². The first kappa shape index (κ1) is 16.2. The van der Waals surface area contributed by atoms with Crippen LogP contribution >= 0.6 is 23.6 Å². The number of carbonyl (C=O) groups is 1. The van der Waals surface area contributed by atoms with Gasteiger partial charge < -0.3 is 9.73 Å². The van der Waals surface area contributed by atoms with E-state index in [0.717, 1.165) is 23.5 Å². The summed E-state index contributed by atoms with van der Waals surface area (Å²) in [6.07, 6.45) is 2.39. The maximum atomic E-state index is 12.3. The third-order valence-electron chi connectivity index (χ3n) is 4.09. The van der Waals surface area contributed by atoms with Gasteiger partial charge in [0.15, 0.2) is 10.6 Å². The molecule has 0 aliphatic heterocycles. The third kappa shape index (κ3) is 3.42. The lowest BCUT2D eigenvalue weighted by atomic mass is 10.2. The zero-order valence-corrected chi connectivity index (χ0v) is 15.2. The molecule has 0 saturated heterocycles. The predicted molar refractivity (Wildman–Crippen MR) is 95.8 cm³/mol. The summed E-state index contributed by atoms with van der Waals surface area (Å²) in [7, 11) is 0. The molecular formula is C16H17N5O2S2. The van der Waals surface area contributed by atoms with E-state index in [1.807, 2.05) is 29.0 Å². The number of amides is 1. The molecule has 3 heterocycles. The minimum atomic E-state index is -0.120. The van der Waals surface area contributed by atoms with Crippen molar-refractivity contribution in [2.75, 3.05) is 0 Å². The summed E-state index contributed by atoms with van der Waals surface area (Å²) in [4.78, 5) is 17.7. The molecule has 1 amide bonds. The van der Waals surface area contributed by atoms with Gasteiger partial charge in [-0.1, -0.05) is 6.07 Å². The smallest absolute Gasteiger partial charge is 0.236 e. The lowest BCUT2D eigenvalue weighted by molar-refractivity contribution is -0.120. The molecule has 7 nitrogen and oxygen atoms in total. The van der Waals surface area contributed by atoms with Crippen LogP contribution in [0.3, 0.4) is 0 Å². The predicted octanol–water partition coefficient (Wildman–Crippen LogP) is 3.16. The number of H-pyrrole nitrogens is 1. The van der Waals surface area contributed by atoms with E-state index in [0.29, 0.717) is 34.7 Å². The topological polar surface area (TPSA) is 88.7 Å². The molecule has 0 bridgehead atoms. The molecule has 3 aromatic heterocycles. The molecular weight excluding hydrogens is 358 g/mol. The number of oxazole rings is 1. The Morgan fingerprint density at radius 3 is 3.12 bits per heavy atom. The number of aromatic amines is 1. The van der Waals surface area contributed by atoms with Crippen LogP contribution in [-0.2, 0) is 17.8 Å². The Labute approximate surface area is 153 Å². The van der Waals surface area contributed by atoms with Gasteiger partial charge in [-0.05, 0) is 43.4 Å². The van der Waals surface area contributed by atoms with Crippen molar-refractivity contribution in [2.24, 2.45) is 0 Å². The van der Waals surface area contributed by atoms with Crippen molar-refractivity contribution in [1.82, 2.24) is 25.1 Å². The number of carbonyl (C=O) groups excluding carboxylic acids is 1. The first-order valence-electron chi connectivity index (χ1n) is 8.04. The molecule has 9 heteroatoms. The summed E-state index contributed by atoms with van der Waals surface area (Å²) in [6.45, 7) is 2.17. The number of rotatable bonds is 6. The molecule has 0 unspecified atom stereocenters. The molecule has 25 heavy (non-hydrogen) atoms. The maximum Gasteiger partial charge on any atom is 0.236 e. The molecule has 0 atom stereocenters. The van der Waals surface area contributed by atoms with Gasteiger partial charge in [-0.25, -0.2) is 4.98 Å². The van der Waals surface area contributed by atoms with Crippen molar-refractivity contribution >= 4 is 29.5 Å². The first-order chi connectivity index (χ1) is 12.1. The van der Waals surface area contributed by atoms with E-state index >= 15 is 0 Å². The molecule has 1 aliphatic rings. The van der Waals surface area contributed by atoms with E-state index < -0.39 is 0 Å². The van der Waals surface area contributed by atoms with Crippen LogP contribution in [0.1, 0.15) is 36.2 Å². The van der Waals surface area contributed by atoms with Crippen molar-refractivity contribution in [3.8, 4) is 10.8 Å². The number of aryl methyl sites for hydroxylation is 1. The van der Waals surface area contributed by atoms with Crippen LogP contribution in [0.4, 0.5) is 0 Å². The van der Waals surface area contributed by atoms with Gasteiger partial charge in [-0.3, -0.25) is 14.5 Å². The monoisotopic (exact) mass is 375 g/mol. The van der Waals surface area contributed by atoms with E-state index in [-0.39, 0.29) is 12.3 Å². The number of aromatic nitrogens is 4. The molecule has 4 rings (SSSR count). The second kappa shape index (κ2) is 6.57. The Morgan fingerprint density at radius 1 is 1.56 bits per heavy atom. The van der Waals surface area contributed by atoms with Crippen molar-refractivity contribution in [1.29, 1.82) is 0 Å². The lowest BCUT2D eigenvalue weighted by Gasteiger charge is -2.06. The minimum Gasteiger partial charge on any atom is -0.440 e. The Kier molecular flexibility index (Phi) is 4.26. The molecule has 3 aromatic rings. The number of nitrogens with zero attached hydrogens (tertiary/aromatic N) is 3. The van der Waals surface area contributed by atoms with Crippen LogP contribution in [0.15, 0.2) is 21.9 Å². The molecule has 2 N–H and O–H groups in total. The highest BCUT2D eigenvalue weighted by Gasteiger charge is 2.27. The zero-order valence-electron chi connectivity index (χ0n) is 13.6. The van der Waals surface area contributed by atoms with E-state index in [1.54, 1.807) is 11.3 Å². The van der Waals surface area contributed by atoms with Gasteiger partial charge in [-0.2, -0.15) is 5.10 Å². The third-order valence-corrected chi connectivity index (χ3v) is 5.23. The largest absolute Gasteiger partial charge is 0.440 e. The SMILES string of the molecule is Cc1oc(-c2cccs2)nc1CC(=O)NCc1n[nH]c(=S)n1C1CC1. The van der Waals surface area contributed by atoms with E-state index in [2.05, 4.69) is 20.5 Å². The van der Waals surface area contributed by atoms with Gasteiger partial charge >= 0.3 is 0 Å². The summed E-state index contributed by atoms with van der Waals surface area (Å²) in [5.74, 6) is 1.87. The highest BCUT2D eigenvalue weighted by molar-refractivity contribution is 7.71. The highest BCUT2D eigenvalue weighted by atomic mass is 32.1. The number of hydrogen-bond acceptors (Lipinski definition) is 6. The molecule has 130 valence electrons. The fraction of sp³-hybridized carbons (Fsp3) is 0.375. The number of nitrogens with one attached hydrogen (secondary N) is 2. The van der Waals surface area contributed by atoms with Gasteiger partial charge in [0, 0.05) is 6.04 Å². The Balaban J connectivity index is 1.40. The molecule has 1 fully saturated rings. The summed E-state index contributed by atoms with van der Waals surface area (Å²) >= 11 is 6.80. The van der Waals surface area contributed by atoms with Crippen LogP contribution in [0, 0.1) is 11.7 Å². The molecule has 0 radical (unpaired) electrons. The first-order valence-corrected chi connectivity index (χ1v) is 9.33. The fourth-order valence-electron chi connectivity index (χ4n) is 2.66. The average Bonchev–Trinajstić information content (AvgIpc) is 2.98. The second-order valence-electron chi connectivity index (χ2n) is 6.00.